The number of aliphatic hydroxyl groups excluding tert-OH is 1. The van der Waals surface area contributed by atoms with Crippen LogP contribution in [-0.4, -0.2) is 149 Å². The molecule has 0 aromatic heterocycles. The van der Waals surface area contributed by atoms with Crippen LogP contribution < -0.4 is 32.3 Å². The van der Waals surface area contributed by atoms with Crippen LogP contribution in [0.3, 0.4) is 0 Å². The van der Waals surface area contributed by atoms with Crippen LogP contribution >= 0.6 is 0 Å². The maximum atomic E-state index is 12.9. The minimum atomic E-state index is -2.23. The molecule has 7 amide bonds. The number of carbonyl (C=O) groups is 7. The summed E-state index contributed by atoms with van der Waals surface area (Å²) in [5.41, 5.74) is 2.18. The lowest BCUT2D eigenvalue weighted by Gasteiger charge is -2.53. The Morgan fingerprint density at radius 1 is 0.828 bits per heavy atom. The van der Waals surface area contributed by atoms with Gasteiger partial charge in [-0.05, 0) is 76.8 Å². The summed E-state index contributed by atoms with van der Waals surface area (Å²) < 4.78 is 4.83. The molecule has 1 aromatic carbocycles. The van der Waals surface area contributed by atoms with Crippen molar-refractivity contribution in [1.82, 2.24) is 36.5 Å². The molecule has 0 radical (unpaired) electrons. The van der Waals surface area contributed by atoms with Gasteiger partial charge in [-0.25, -0.2) is 0 Å². The number of nitrogens with two attached hydrogens (primary N) is 1. The molecule has 0 bridgehead atoms. The second-order valence-electron chi connectivity index (χ2n) is 15.5. The minimum absolute atomic E-state index is 0.00930. The number of rotatable bonds is 30. The summed E-state index contributed by atoms with van der Waals surface area (Å²) in [7, 11) is 1.16. The summed E-state index contributed by atoms with van der Waals surface area (Å²) in [6.07, 6.45) is 3.69. The van der Waals surface area contributed by atoms with Crippen LogP contribution in [0.4, 0.5) is 5.69 Å². The Morgan fingerprint density at radius 3 is 1.81 bits per heavy atom. The summed E-state index contributed by atoms with van der Waals surface area (Å²) in [6, 6.07) is 2.26. The van der Waals surface area contributed by atoms with Crippen molar-refractivity contribution < 1.29 is 53.6 Å². The predicted octanol–water partition coefficient (Wildman–Crippen LogP) is -0.417. The molecule has 1 fully saturated rings. The van der Waals surface area contributed by atoms with Crippen LogP contribution in [0.5, 0.6) is 5.75 Å². The van der Waals surface area contributed by atoms with Crippen molar-refractivity contribution >= 4 is 53.4 Å². The number of aromatic hydroxyl groups is 1. The Labute approximate surface area is 371 Å². The molecular weight excluding hydrogens is 844 g/mol. The van der Waals surface area contributed by atoms with E-state index in [9.17, 15) is 64.5 Å². The number of benzene rings is 1. The Balaban J connectivity index is 1.60. The van der Waals surface area contributed by atoms with E-state index in [-0.39, 0.29) is 92.8 Å². The van der Waals surface area contributed by atoms with Gasteiger partial charge < -0.3 is 83.2 Å². The van der Waals surface area contributed by atoms with E-state index in [1.807, 2.05) is 0 Å². The van der Waals surface area contributed by atoms with Gasteiger partial charge in [-0.15, -0.1) is 0 Å². The molecule has 4 unspecified atom stereocenters. The predicted molar refractivity (Wildman–Crippen MR) is 231 cm³/mol. The lowest BCUT2D eigenvalue weighted by atomic mass is 9.72. The van der Waals surface area contributed by atoms with Crippen LogP contribution in [0, 0.1) is 26.9 Å². The number of hydroxylamine groups is 6. The van der Waals surface area contributed by atoms with Crippen LogP contribution in [0.1, 0.15) is 101 Å². The fraction of sp³-hybridized carbons (Fsp3) is 0.650. The fourth-order valence-electron chi connectivity index (χ4n) is 6.73. The molecule has 4 atom stereocenters. The average Bonchev–Trinajstić information content (AvgIpc) is 3.26. The summed E-state index contributed by atoms with van der Waals surface area (Å²) in [5, 5.41) is 89.1. The van der Waals surface area contributed by atoms with E-state index in [2.05, 4.69) is 26.6 Å². The van der Waals surface area contributed by atoms with Gasteiger partial charge in [-0.3, -0.25) is 39.0 Å². The van der Waals surface area contributed by atoms with Crippen molar-refractivity contribution in [3.8, 4) is 5.75 Å². The molecule has 0 aliphatic carbocycles. The Morgan fingerprint density at radius 2 is 1.33 bits per heavy atom. The van der Waals surface area contributed by atoms with Crippen molar-refractivity contribution in [1.29, 1.82) is 5.41 Å². The van der Waals surface area contributed by atoms with Gasteiger partial charge in [0, 0.05) is 82.3 Å². The van der Waals surface area contributed by atoms with Crippen LogP contribution in [-0.2, 0) is 33.5 Å². The summed E-state index contributed by atoms with van der Waals surface area (Å²) >= 11 is 0. The van der Waals surface area contributed by atoms with Gasteiger partial charge in [0.25, 0.3) is 5.91 Å². The minimum Gasteiger partial charge on any atom is -0.756 e. The third kappa shape index (κ3) is 17.5. The number of piperidine rings is 1. The van der Waals surface area contributed by atoms with E-state index in [0.29, 0.717) is 74.5 Å². The molecule has 2 rings (SSSR count). The van der Waals surface area contributed by atoms with Gasteiger partial charge >= 0.3 is 0 Å². The number of nitrogens with zero attached hydrogens (tertiary/aromatic N) is 3. The standard InChI is InChI=1S/C40H63N10O14/c1-39(40(60,25-51)35(41)34(36(42)64-2)38(59)47-39)46-28-22-27(23-29(53)24-28)37(58)45-18-8-5-11-21-50(63)33(57)15-13-31(55)44-17-7-4-10-20-49(62)32(56)14-12-30(54)43-16-6-3-9-19-48(61)26-52/h22-24,26,34-35,42,46,51,53,60H,3-21,25,41H2,1-2H3,(H,43,54)(H,44,55)(H,45,58)(H,47,59)/q-3. The normalized spacial score (nSPS) is 19.1. The van der Waals surface area contributed by atoms with Gasteiger partial charge in [-0.2, -0.15) is 0 Å². The number of methoxy groups -OCH3 is 1. The molecule has 1 aliphatic rings. The number of amides is 7. The average molecular weight is 908 g/mol. The Hall–Kier alpha value is -5.66. The first-order valence-electron chi connectivity index (χ1n) is 21.1. The number of anilines is 1. The number of aliphatic hydroxyl groups is 2. The third-order valence-electron chi connectivity index (χ3n) is 10.6. The largest absolute Gasteiger partial charge is 0.756 e. The van der Waals surface area contributed by atoms with Crippen molar-refractivity contribution in [3.63, 3.8) is 0 Å². The number of hydrogen-bond donors (Lipinski definition) is 10. The highest BCUT2D eigenvalue weighted by molar-refractivity contribution is 6.01. The zero-order valence-electron chi connectivity index (χ0n) is 36.4. The maximum Gasteiger partial charge on any atom is 0.251 e. The molecular formula is C40H63N10O14-3. The molecule has 24 nitrogen and oxygen atoms in total. The monoisotopic (exact) mass is 907 g/mol. The Kier molecular flexibility index (Phi) is 23.4. The number of ether oxygens (including phenoxy) is 1. The van der Waals surface area contributed by atoms with E-state index in [0.717, 1.165) is 7.11 Å². The topological polar surface area (TPSA) is 378 Å². The molecule has 1 aliphatic heterocycles. The summed E-state index contributed by atoms with van der Waals surface area (Å²) in [4.78, 5) is 84.4. The molecule has 64 heavy (non-hydrogen) atoms. The number of unbranched alkanes of at least 4 members (excludes halogenated alkanes) is 6. The van der Waals surface area contributed by atoms with E-state index in [1.165, 1.54) is 25.1 Å². The fourth-order valence-corrected chi connectivity index (χ4v) is 6.73. The molecule has 11 N–H and O–H groups in total. The highest BCUT2D eigenvalue weighted by Crippen LogP contribution is 2.35. The Bertz CT molecular complexity index is 1740. The van der Waals surface area contributed by atoms with Gasteiger partial charge in [0.2, 0.25) is 29.5 Å². The van der Waals surface area contributed by atoms with Gasteiger partial charge in [0.1, 0.15) is 22.9 Å². The first kappa shape index (κ1) is 54.5. The van der Waals surface area contributed by atoms with Gasteiger partial charge in [0.05, 0.1) is 19.8 Å². The second-order valence-corrected chi connectivity index (χ2v) is 15.5. The van der Waals surface area contributed by atoms with Gasteiger partial charge in [0.15, 0.2) is 12.3 Å². The lowest BCUT2D eigenvalue weighted by molar-refractivity contribution is -0.152. The van der Waals surface area contributed by atoms with Gasteiger partial charge in [-0.1, -0.05) is 0 Å². The van der Waals surface area contributed by atoms with E-state index in [1.54, 1.807) is 0 Å². The van der Waals surface area contributed by atoms with E-state index < -0.39 is 65.3 Å². The molecule has 1 saturated heterocycles. The van der Waals surface area contributed by atoms with Crippen molar-refractivity contribution in [2.24, 2.45) is 11.7 Å². The quantitative estimate of drug-likeness (QED) is 0.0154. The molecule has 1 heterocycles. The van der Waals surface area contributed by atoms with Crippen molar-refractivity contribution in [2.75, 3.05) is 58.3 Å². The molecule has 0 saturated carbocycles. The number of phenolic OH excluding ortho intramolecular Hbond substituents is 1. The SMILES string of the molecule is COC(=N)C1C(=O)NC(C)(Nc2cc(O)cc(C(=O)NCCCCCN([O-])C(=O)CCC(=O)NCCCCCN([O-])C(=O)CCC(=O)NCCCCCN([O-])C=O)c2)C(O)(CO)C1N. The number of hydrogen-bond acceptors (Lipinski definition) is 17. The number of carbonyl (C=O) groups excluding carboxylic acids is 7. The third-order valence-corrected chi connectivity index (χ3v) is 10.6. The van der Waals surface area contributed by atoms with Crippen molar-refractivity contribution in [3.05, 3.63) is 39.4 Å². The first-order chi connectivity index (χ1) is 30.3. The van der Waals surface area contributed by atoms with Crippen LogP contribution in [0.2, 0.25) is 0 Å². The first-order valence-corrected chi connectivity index (χ1v) is 21.1. The molecule has 1 aromatic rings. The van der Waals surface area contributed by atoms with Crippen molar-refractivity contribution in [2.45, 2.75) is 108 Å². The highest BCUT2D eigenvalue weighted by atomic mass is 16.5. The number of nitrogens with one attached hydrogen (secondary N) is 6. The molecule has 360 valence electrons. The molecule has 24 heteroatoms. The number of phenols is 1. The summed E-state index contributed by atoms with van der Waals surface area (Å²) in [6.45, 7) is 1.08. The highest BCUT2D eigenvalue weighted by Gasteiger charge is 2.61. The van der Waals surface area contributed by atoms with Crippen LogP contribution in [0.25, 0.3) is 0 Å². The van der Waals surface area contributed by atoms with Crippen LogP contribution in [0.15, 0.2) is 18.2 Å². The lowest BCUT2D eigenvalue weighted by Crippen LogP contribution is -2.81. The zero-order valence-corrected chi connectivity index (χ0v) is 36.4. The second kappa shape index (κ2) is 27.5. The summed E-state index contributed by atoms with van der Waals surface area (Å²) in [5.74, 6) is -5.89. The zero-order chi connectivity index (χ0) is 47.9. The van der Waals surface area contributed by atoms with E-state index >= 15 is 0 Å². The maximum absolute atomic E-state index is 12.9. The van der Waals surface area contributed by atoms with E-state index in [4.69, 9.17) is 15.9 Å². The smallest absolute Gasteiger partial charge is 0.251 e. The molecule has 0 spiro atoms.